The van der Waals surface area contributed by atoms with E-state index in [1.54, 1.807) is 41.8 Å². The van der Waals surface area contributed by atoms with Crippen LogP contribution in [0.15, 0.2) is 46.7 Å². The number of aryl methyl sites for hydroxylation is 1. The normalized spacial score (nSPS) is 11.6. The molecular formula is C21H28N2O3S. The van der Waals surface area contributed by atoms with Gasteiger partial charge >= 0.3 is 0 Å². The van der Waals surface area contributed by atoms with Gasteiger partial charge in [0.15, 0.2) is 0 Å². The first-order valence-corrected chi connectivity index (χ1v) is 10.5. The van der Waals surface area contributed by atoms with E-state index in [0.717, 1.165) is 11.3 Å². The molecule has 146 valence electrons. The Bertz CT molecular complexity index is 952. The lowest BCUT2D eigenvalue weighted by Crippen LogP contribution is -2.19. The highest BCUT2D eigenvalue weighted by molar-refractivity contribution is 7.91. The Kier molecular flexibility index (Phi) is 6.31. The fraction of sp³-hybridized carbons (Fsp3) is 0.381. The highest BCUT2D eigenvalue weighted by atomic mass is 32.2. The number of benzene rings is 1. The van der Waals surface area contributed by atoms with Gasteiger partial charge in [0, 0.05) is 18.7 Å². The molecule has 0 fully saturated rings. The van der Waals surface area contributed by atoms with Crippen LogP contribution in [0, 0.1) is 26.7 Å². The van der Waals surface area contributed by atoms with Gasteiger partial charge < -0.3 is 9.88 Å². The summed E-state index contributed by atoms with van der Waals surface area (Å²) in [6.07, 6.45) is 2.01. The van der Waals surface area contributed by atoms with Gasteiger partial charge in [-0.2, -0.15) is 0 Å². The molecule has 5 nitrogen and oxygen atoms in total. The van der Waals surface area contributed by atoms with Crippen molar-refractivity contribution in [3.63, 3.8) is 0 Å². The largest absolute Gasteiger partial charge is 0.327 e. The molecule has 1 aromatic heterocycles. The van der Waals surface area contributed by atoms with E-state index in [-0.39, 0.29) is 21.6 Å². The Labute approximate surface area is 162 Å². The number of nitrogens with one attached hydrogen (secondary N) is 1. The number of nitrogens with zero attached hydrogens (tertiary/aromatic N) is 1. The lowest BCUT2D eigenvalue weighted by Gasteiger charge is -2.14. The Morgan fingerprint density at radius 2 is 1.78 bits per heavy atom. The molecule has 0 atom stereocenters. The zero-order chi connectivity index (χ0) is 20.4. The fourth-order valence-corrected chi connectivity index (χ4v) is 4.73. The van der Waals surface area contributed by atoms with Crippen LogP contribution in [0.5, 0.6) is 0 Å². The standard InChI is InChI=1S/C21H28N2O3S/c1-7-12-23-17(6)16(5)20(21(23)22-19(24)13-14(2)3)27(25,26)18-10-8-15(4)9-11-18/h7-11,14H,1,12-13H2,2-6H3,(H,22,24). The molecule has 0 unspecified atom stereocenters. The SMILES string of the molecule is C=CCn1c(C)c(C)c(S(=O)(=O)c2ccc(C)cc2)c1NC(=O)CC(C)C. The van der Waals surface area contributed by atoms with E-state index < -0.39 is 9.84 Å². The Hall–Kier alpha value is -2.34. The van der Waals surface area contributed by atoms with Crippen LogP contribution in [0.3, 0.4) is 0 Å². The third-order valence-electron chi connectivity index (χ3n) is 4.54. The van der Waals surface area contributed by atoms with Gasteiger partial charge in [0.05, 0.1) is 4.90 Å². The van der Waals surface area contributed by atoms with Gasteiger partial charge in [0.1, 0.15) is 10.7 Å². The van der Waals surface area contributed by atoms with E-state index in [4.69, 9.17) is 0 Å². The van der Waals surface area contributed by atoms with Crippen LogP contribution in [0.4, 0.5) is 5.82 Å². The summed E-state index contributed by atoms with van der Waals surface area (Å²) in [7, 11) is -3.78. The predicted molar refractivity (Wildman–Crippen MR) is 109 cm³/mol. The van der Waals surface area contributed by atoms with E-state index in [1.165, 1.54) is 0 Å². The molecule has 0 radical (unpaired) electrons. The third-order valence-corrected chi connectivity index (χ3v) is 6.47. The van der Waals surface area contributed by atoms with E-state index in [1.807, 2.05) is 27.7 Å². The van der Waals surface area contributed by atoms with Crippen LogP contribution < -0.4 is 5.32 Å². The van der Waals surface area contributed by atoms with Gasteiger partial charge in [-0.05, 0) is 44.4 Å². The van der Waals surface area contributed by atoms with Crippen molar-refractivity contribution < 1.29 is 13.2 Å². The lowest BCUT2D eigenvalue weighted by atomic mass is 10.1. The van der Waals surface area contributed by atoms with E-state index in [9.17, 15) is 13.2 Å². The number of hydrogen-bond donors (Lipinski definition) is 1. The van der Waals surface area contributed by atoms with Gasteiger partial charge in [0.25, 0.3) is 0 Å². The number of rotatable bonds is 7. The van der Waals surface area contributed by atoms with Crippen molar-refractivity contribution in [3.05, 3.63) is 53.7 Å². The second-order valence-corrected chi connectivity index (χ2v) is 9.14. The summed E-state index contributed by atoms with van der Waals surface area (Å²) in [5.74, 6) is 0.288. The topological polar surface area (TPSA) is 68.2 Å². The molecule has 0 aliphatic rings. The van der Waals surface area contributed by atoms with Crippen molar-refractivity contribution in [2.75, 3.05) is 5.32 Å². The van der Waals surface area contributed by atoms with E-state index >= 15 is 0 Å². The van der Waals surface area contributed by atoms with Crippen LogP contribution in [-0.2, 0) is 21.2 Å². The maximum atomic E-state index is 13.4. The number of carbonyl (C=O) groups is 1. The van der Waals surface area contributed by atoms with Crippen molar-refractivity contribution in [3.8, 4) is 0 Å². The molecular weight excluding hydrogens is 360 g/mol. The van der Waals surface area contributed by atoms with E-state index in [2.05, 4.69) is 11.9 Å². The molecule has 1 amide bonds. The highest BCUT2D eigenvalue weighted by Crippen LogP contribution is 2.35. The van der Waals surface area contributed by atoms with Crippen molar-refractivity contribution >= 4 is 21.6 Å². The van der Waals surface area contributed by atoms with E-state index in [0.29, 0.717) is 24.3 Å². The summed E-state index contributed by atoms with van der Waals surface area (Å²) >= 11 is 0. The maximum absolute atomic E-state index is 13.4. The predicted octanol–water partition coefficient (Wildman–Crippen LogP) is 4.42. The zero-order valence-electron chi connectivity index (χ0n) is 16.7. The quantitative estimate of drug-likeness (QED) is 0.714. The molecule has 0 aliphatic heterocycles. The summed E-state index contributed by atoms with van der Waals surface area (Å²) in [4.78, 5) is 12.8. The molecule has 6 heteroatoms. The fourth-order valence-electron chi connectivity index (χ4n) is 3.03. The second kappa shape index (κ2) is 8.13. The summed E-state index contributed by atoms with van der Waals surface area (Å²) < 4.78 is 28.5. The van der Waals surface area contributed by atoms with Crippen LogP contribution in [0.1, 0.15) is 37.1 Å². The zero-order valence-corrected chi connectivity index (χ0v) is 17.5. The lowest BCUT2D eigenvalue weighted by molar-refractivity contribution is -0.116. The second-order valence-electron chi connectivity index (χ2n) is 7.25. The van der Waals surface area contributed by atoms with Crippen molar-refractivity contribution in [1.82, 2.24) is 4.57 Å². The Morgan fingerprint density at radius 1 is 1.19 bits per heavy atom. The minimum atomic E-state index is -3.78. The Morgan fingerprint density at radius 3 is 2.30 bits per heavy atom. The molecule has 1 heterocycles. The smallest absolute Gasteiger partial charge is 0.225 e. The first-order chi connectivity index (χ1) is 12.6. The molecule has 0 saturated carbocycles. The van der Waals surface area contributed by atoms with Crippen molar-refractivity contribution in [1.29, 1.82) is 0 Å². The van der Waals surface area contributed by atoms with Gasteiger partial charge in [-0.1, -0.05) is 37.6 Å². The first kappa shape index (κ1) is 21.0. The number of carbonyl (C=O) groups excluding carboxylic acids is 1. The van der Waals surface area contributed by atoms with Crippen LogP contribution in [-0.4, -0.2) is 18.9 Å². The monoisotopic (exact) mass is 388 g/mol. The number of amides is 1. The van der Waals surface area contributed by atoms with Crippen molar-refractivity contribution in [2.45, 2.75) is 57.4 Å². The summed E-state index contributed by atoms with van der Waals surface area (Å²) in [5, 5.41) is 2.84. The minimum Gasteiger partial charge on any atom is -0.327 e. The average molecular weight is 389 g/mol. The molecule has 2 rings (SSSR count). The summed E-state index contributed by atoms with van der Waals surface area (Å²) in [6, 6.07) is 6.74. The molecule has 0 aliphatic carbocycles. The molecule has 1 N–H and O–H groups in total. The third kappa shape index (κ3) is 4.33. The summed E-state index contributed by atoms with van der Waals surface area (Å²) in [6.45, 7) is 13.6. The summed E-state index contributed by atoms with van der Waals surface area (Å²) in [5.41, 5.74) is 2.41. The number of hydrogen-bond acceptors (Lipinski definition) is 3. The average Bonchev–Trinajstić information content (AvgIpc) is 2.79. The van der Waals surface area contributed by atoms with Gasteiger partial charge in [0.2, 0.25) is 15.7 Å². The molecule has 0 bridgehead atoms. The van der Waals surface area contributed by atoms with Gasteiger partial charge in [-0.15, -0.1) is 6.58 Å². The molecule has 0 spiro atoms. The molecule has 27 heavy (non-hydrogen) atoms. The molecule has 1 aromatic carbocycles. The highest BCUT2D eigenvalue weighted by Gasteiger charge is 2.30. The first-order valence-electron chi connectivity index (χ1n) is 9.01. The van der Waals surface area contributed by atoms with Gasteiger partial charge in [-0.25, -0.2) is 8.42 Å². The Balaban J connectivity index is 2.67. The number of allylic oxidation sites excluding steroid dienone is 1. The number of aromatic nitrogens is 1. The minimum absolute atomic E-state index is 0.155. The van der Waals surface area contributed by atoms with Crippen LogP contribution >= 0.6 is 0 Å². The number of sulfone groups is 1. The molecule has 2 aromatic rings. The number of anilines is 1. The van der Waals surface area contributed by atoms with Crippen molar-refractivity contribution in [2.24, 2.45) is 5.92 Å². The van der Waals surface area contributed by atoms with Crippen LogP contribution in [0.2, 0.25) is 0 Å². The molecule has 0 saturated heterocycles. The maximum Gasteiger partial charge on any atom is 0.225 e. The van der Waals surface area contributed by atoms with Crippen LogP contribution in [0.25, 0.3) is 0 Å². The van der Waals surface area contributed by atoms with Gasteiger partial charge in [-0.3, -0.25) is 4.79 Å².